The smallest absolute Gasteiger partial charge is 0.0689 e. The van der Waals surface area contributed by atoms with Gasteiger partial charge in [0.1, 0.15) is 0 Å². The van der Waals surface area contributed by atoms with Crippen LogP contribution in [-0.4, -0.2) is 0 Å². The molecule has 0 N–H and O–H groups in total. The van der Waals surface area contributed by atoms with Gasteiger partial charge in [0.15, 0.2) is 0 Å². The van der Waals surface area contributed by atoms with Crippen molar-refractivity contribution in [1.82, 2.24) is 0 Å². The molecule has 0 aliphatic heterocycles. The maximum absolute atomic E-state index is 9.00. The molecule has 0 aromatic rings. The molecule has 2 saturated carbocycles. The second-order valence-electron chi connectivity index (χ2n) is 4.42. The summed E-state index contributed by atoms with van der Waals surface area (Å²) in [4.78, 5) is 0. The molecular weight excluding hydrogens is 134 g/mol. The summed E-state index contributed by atoms with van der Waals surface area (Å²) < 4.78 is 0. The van der Waals surface area contributed by atoms with Gasteiger partial charge in [-0.1, -0.05) is 13.3 Å². The average molecular weight is 149 g/mol. The number of rotatable bonds is 1. The van der Waals surface area contributed by atoms with Gasteiger partial charge < -0.3 is 0 Å². The third-order valence-electron chi connectivity index (χ3n) is 3.97. The fraction of sp³-hybridized carbons (Fsp3) is 0.900. The predicted molar refractivity (Wildman–Crippen MR) is 43.9 cm³/mol. The van der Waals surface area contributed by atoms with Gasteiger partial charge in [0.05, 0.1) is 11.5 Å². The molecule has 11 heavy (non-hydrogen) atoms. The van der Waals surface area contributed by atoms with Crippen LogP contribution in [0.1, 0.15) is 45.4 Å². The van der Waals surface area contributed by atoms with Gasteiger partial charge in [0.25, 0.3) is 0 Å². The Balaban J connectivity index is 2.23. The van der Waals surface area contributed by atoms with Gasteiger partial charge in [-0.25, -0.2) is 0 Å². The maximum Gasteiger partial charge on any atom is 0.0689 e. The Kier molecular flexibility index (Phi) is 1.30. The standard InChI is InChI=1S/C10H15N/c1-2-9-3-5-10(7-9,8-11)6-4-9/h2-7H2,1H3. The van der Waals surface area contributed by atoms with Crippen molar-refractivity contribution in [2.75, 3.05) is 0 Å². The lowest BCUT2D eigenvalue weighted by Gasteiger charge is -2.23. The van der Waals surface area contributed by atoms with Gasteiger partial charge in [-0.3, -0.25) is 0 Å². The van der Waals surface area contributed by atoms with Crippen LogP contribution in [0.2, 0.25) is 0 Å². The Labute approximate surface area is 68.4 Å². The summed E-state index contributed by atoms with van der Waals surface area (Å²) in [6, 6.07) is 2.53. The second kappa shape index (κ2) is 2.00. The molecule has 0 heterocycles. The molecule has 2 bridgehead atoms. The molecule has 0 spiro atoms. The molecule has 60 valence electrons. The molecule has 0 unspecified atom stereocenters. The van der Waals surface area contributed by atoms with Crippen molar-refractivity contribution in [3.8, 4) is 6.07 Å². The minimum atomic E-state index is 0.121. The van der Waals surface area contributed by atoms with Crippen LogP contribution in [0.3, 0.4) is 0 Å². The van der Waals surface area contributed by atoms with E-state index in [9.17, 15) is 0 Å². The van der Waals surface area contributed by atoms with Crippen LogP contribution in [0.15, 0.2) is 0 Å². The van der Waals surface area contributed by atoms with Crippen molar-refractivity contribution in [1.29, 1.82) is 5.26 Å². The first-order valence-corrected chi connectivity index (χ1v) is 4.66. The third kappa shape index (κ3) is 0.819. The van der Waals surface area contributed by atoms with Crippen molar-refractivity contribution in [3.05, 3.63) is 0 Å². The first kappa shape index (κ1) is 7.16. The Bertz CT molecular complexity index is 203. The molecule has 2 aliphatic rings. The van der Waals surface area contributed by atoms with Gasteiger partial charge in [-0.15, -0.1) is 0 Å². The van der Waals surface area contributed by atoms with E-state index in [0.717, 1.165) is 0 Å². The van der Waals surface area contributed by atoms with Crippen LogP contribution in [0, 0.1) is 22.2 Å². The van der Waals surface area contributed by atoms with Crippen molar-refractivity contribution in [2.24, 2.45) is 10.8 Å². The van der Waals surface area contributed by atoms with Crippen molar-refractivity contribution in [2.45, 2.75) is 45.4 Å². The lowest BCUT2D eigenvalue weighted by molar-refractivity contribution is 0.281. The molecule has 1 heteroatoms. The van der Waals surface area contributed by atoms with E-state index in [2.05, 4.69) is 13.0 Å². The summed E-state index contributed by atoms with van der Waals surface area (Å²) in [6.07, 6.45) is 7.48. The quantitative estimate of drug-likeness (QED) is 0.562. The molecule has 0 atom stereocenters. The summed E-state index contributed by atoms with van der Waals surface area (Å²) in [6.45, 7) is 2.28. The number of nitriles is 1. The Morgan fingerprint density at radius 3 is 2.18 bits per heavy atom. The van der Waals surface area contributed by atoms with Gasteiger partial charge in [0, 0.05) is 0 Å². The first-order chi connectivity index (χ1) is 5.24. The lowest BCUT2D eigenvalue weighted by atomic mass is 9.81. The molecule has 1 nitrogen and oxygen atoms in total. The Morgan fingerprint density at radius 2 is 1.91 bits per heavy atom. The van der Waals surface area contributed by atoms with E-state index in [1.165, 1.54) is 38.5 Å². The molecular formula is C10H15N. The topological polar surface area (TPSA) is 23.8 Å². The predicted octanol–water partition coefficient (Wildman–Crippen LogP) is 2.87. The monoisotopic (exact) mass is 149 g/mol. The molecule has 2 fully saturated rings. The number of fused-ring (bicyclic) bond motifs is 2. The zero-order valence-electron chi connectivity index (χ0n) is 7.19. The maximum atomic E-state index is 9.00. The highest BCUT2D eigenvalue weighted by atomic mass is 14.6. The molecule has 2 rings (SSSR count). The van der Waals surface area contributed by atoms with E-state index in [0.29, 0.717) is 5.41 Å². The van der Waals surface area contributed by atoms with E-state index >= 15 is 0 Å². The van der Waals surface area contributed by atoms with Crippen molar-refractivity contribution >= 4 is 0 Å². The number of hydrogen-bond donors (Lipinski definition) is 0. The van der Waals surface area contributed by atoms with Crippen molar-refractivity contribution in [3.63, 3.8) is 0 Å². The lowest BCUT2D eigenvalue weighted by Crippen LogP contribution is -2.12. The fourth-order valence-corrected chi connectivity index (χ4v) is 2.96. The van der Waals surface area contributed by atoms with Gasteiger partial charge in [-0.2, -0.15) is 5.26 Å². The normalized spacial score (nSPS) is 47.6. The molecule has 0 aromatic carbocycles. The summed E-state index contributed by atoms with van der Waals surface area (Å²) in [5, 5.41) is 9.00. The first-order valence-electron chi connectivity index (χ1n) is 4.66. The van der Waals surface area contributed by atoms with Gasteiger partial charge in [-0.05, 0) is 37.5 Å². The Hall–Kier alpha value is -0.510. The molecule has 2 aliphatic carbocycles. The van der Waals surface area contributed by atoms with E-state index in [1.54, 1.807) is 0 Å². The third-order valence-corrected chi connectivity index (χ3v) is 3.97. The SMILES string of the molecule is CCC12CCC(C#N)(CC1)C2. The summed E-state index contributed by atoms with van der Waals surface area (Å²) >= 11 is 0. The van der Waals surface area contributed by atoms with Crippen LogP contribution < -0.4 is 0 Å². The van der Waals surface area contributed by atoms with Gasteiger partial charge >= 0.3 is 0 Å². The summed E-state index contributed by atoms with van der Waals surface area (Å²) in [5.74, 6) is 0. The van der Waals surface area contributed by atoms with Crippen molar-refractivity contribution < 1.29 is 0 Å². The van der Waals surface area contributed by atoms with Crippen LogP contribution >= 0.6 is 0 Å². The molecule has 0 aromatic heterocycles. The number of nitrogens with zero attached hydrogens (tertiary/aromatic N) is 1. The number of hydrogen-bond acceptors (Lipinski definition) is 1. The van der Waals surface area contributed by atoms with Crippen LogP contribution in [-0.2, 0) is 0 Å². The molecule has 0 amide bonds. The highest BCUT2D eigenvalue weighted by Gasteiger charge is 2.53. The highest BCUT2D eigenvalue weighted by Crippen LogP contribution is 2.62. The summed E-state index contributed by atoms with van der Waals surface area (Å²) in [5.41, 5.74) is 0.714. The Morgan fingerprint density at radius 1 is 1.27 bits per heavy atom. The van der Waals surface area contributed by atoms with Crippen LogP contribution in [0.5, 0.6) is 0 Å². The van der Waals surface area contributed by atoms with Crippen LogP contribution in [0.4, 0.5) is 0 Å². The largest absolute Gasteiger partial charge is 0.198 e. The van der Waals surface area contributed by atoms with Crippen LogP contribution in [0.25, 0.3) is 0 Å². The summed E-state index contributed by atoms with van der Waals surface area (Å²) in [7, 11) is 0. The zero-order chi connectivity index (χ0) is 7.95. The molecule has 0 radical (unpaired) electrons. The van der Waals surface area contributed by atoms with Gasteiger partial charge in [0.2, 0.25) is 0 Å². The average Bonchev–Trinajstić information content (AvgIpc) is 2.61. The minimum absolute atomic E-state index is 0.121. The highest BCUT2D eigenvalue weighted by molar-refractivity contribution is 5.13. The second-order valence-corrected chi connectivity index (χ2v) is 4.42. The van der Waals surface area contributed by atoms with E-state index in [4.69, 9.17) is 5.26 Å². The van der Waals surface area contributed by atoms with E-state index in [-0.39, 0.29) is 5.41 Å². The van der Waals surface area contributed by atoms with E-state index in [1.807, 2.05) is 0 Å². The fourth-order valence-electron chi connectivity index (χ4n) is 2.96. The molecule has 0 saturated heterocycles. The van der Waals surface area contributed by atoms with E-state index < -0.39 is 0 Å². The minimum Gasteiger partial charge on any atom is -0.198 e. The zero-order valence-corrected chi connectivity index (χ0v) is 7.19.